The highest BCUT2D eigenvalue weighted by Gasteiger charge is 2.41. The Bertz CT molecular complexity index is 1840. The number of fused-ring (bicyclic) bond motifs is 4. The first-order chi connectivity index (χ1) is 19.9. The van der Waals surface area contributed by atoms with Crippen LogP contribution in [0.1, 0.15) is 74.8 Å². The van der Waals surface area contributed by atoms with Crippen LogP contribution in [-0.4, -0.2) is 57.8 Å². The van der Waals surface area contributed by atoms with Crippen molar-refractivity contribution in [2.24, 2.45) is 0 Å². The van der Waals surface area contributed by atoms with E-state index in [1.54, 1.807) is 0 Å². The zero-order chi connectivity index (χ0) is 30.4. The maximum atomic E-state index is 14.0. The van der Waals surface area contributed by atoms with Gasteiger partial charge in [0, 0.05) is 56.6 Å². The molecule has 0 saturated heterocycles. The molecule has 0 radical (unpaired) electrons. The molecule has 2 aliphatic carbocycles. The third-order valence-electron chi connectivity index (χ3n) is 7.77. The number of methoxy groups -OCH3 is 2. The third kappa shape index (κ3) is 3.38. The molecule has 4 N–H and O–H groups in total. The van der Waals surface area contributed by atoms with Crippen LogP contribution in [-0.2, 0) is 0 Å². The molecule has 42 heavy (non-hydrogen) atoms. The van der Waals surface area contributed by atoms with Crippen molar-refractivity contribution < 1.29 is 49.1 Å². The molecule has 2 aliphatic rings. The second kappa shape index (κ2) is 8.93. The molecule has 0 unspecified atom stereocenters. The van der Waals surface area contributed by atoms with E-state index >= 15 is 0 Å². The molecular formula is C32H22O10. The van der Waals surface area contributed by atoms with E-state index in [1.807, 2.05) is 0 Å². The number of benzene rings is 4. The van der Waals surface area contributed by atoms with Crippen molar-refractivity contribution in [1.29, 1.82) is 0 Å². The van der Waals surface area contributed by atoms with Gasteiger partial charge >= 0.3 is 0 Å². The molecular weight excluding hydrogens is 544 g/mol. The number of carbonyl (C=O) groups is 4. The monoisotopic (exact) mass is 566 g/mol. The number of carbonyl (C=O) groups excluding carboxylic acids is 4. The van der Waals surface area contributed by atoms with Gasteiger partial charge in [-0.3, -0.25) is 19.2 Å². The summed E-state index contributed by atoms with van der Waals surface area (Å²) >= 11 is 0. The van der Waals surface area contributed by atoms with E-state index in [1.165, 1.54) is 52.3 Å². The fourth-order valence-corrected chi connectivity index (χ4v) is 5.74. The maximum absolute atomic E-state index is 14.0. The molecule has 0 fully saturated rings. The summed E-state index contributed by atoms with van der Waals surface area (Å²) in [4.78, 5) is 55.5. The normalized spacial score (nSPS) is 13.3. The topological polar surface area (TPSA) is 168 Å². The van der Waals surface area contributed by atoms with E-state index in [4.69, 9.17) is 9.47 Å². The summed E-state index contributed by atoms with van der Waals surface area (Å²) in [5.74, 6) is -4.94. The Balaban J connectivity index is 1.73. The lowest BCUT2D eigenvalue weighted by Gasteiger charge is -2.27. The van der Waals surface area contributed by atoms with E-state index in [9.17, 15) is 39.6 Å². The molecule has 0 atom stereocenters. The molecule has 210 valence electrons. The van der Waals surface area contributed by atoms with Crippen LogP contribution in [0, 0.1) is 13.8 Å². The second-order valence-electron chi connectivity index (χ2n) is 10.1. The summed E-state index contributed by atoms with van der Waals surface area (Å²) < 4.78 is 10.3. The largest absolute Gasteiger partial charge is 0.507 e. The number of aromatic hydroxyl groups is 4. The van der Waals surface area contributed by atoms with Crippen molar-refractivity contribution >= 4 is 23.1 Å². The molecule has 0 aliphatic heterocycles. The van der Waals surface area contributed by atoms with Crippen molar-refractivity contribution in [1.82, 2.24) is 0 Å². The maximum Gasteiger partial charge on any atom is 0.199 e. The van der Waals surface area contributed by atoms with Gasteiger partial charge in [0.15, 0.2) is 23.1 Å². The smallest absolute Gasteiger partial charge is 0.199 e. The van der Waals surface area contributed by atoms with E-state index in [-0.39, 0.29) is 78.3 Å². The highest BCUT2D eigenvalue weighted by Crippen LogP contribution is 2.51. The van der Waals surface area contributed by atoms with E-state index < -0.39 is 46.1 Å². The molecule has 6 rings (SSSR count). The average molecular weight is 567 g/mol. The summed E-state index contributed by atoms with van der Waals surface area (Å²) in [6.07, 6.45) is 0. The van der Waals surface area contributed by atoms with Crippen LogP contribution < -0.4 is 9.47 Å². The lowest BCUT2D eigenvalue weighted by Crippen LogP contribution is -2.25. The van der Waals surface area contributed by atoms with Crippen molar-refractivity contribution in [3.63, 3.8) is 0 Å². The Morgan fingerprint density at radius 2 is 0.786 bits per heavy atom. The first kappa shape index (κ1) is 26.6. The van der Waals surface area contributed by atoms with Gasteiger partial charge in [-0.25, -0.2) is 0 Å². The van der Waals surface area contributed by atoms with Crippen LogP contribution >= 0.6 is 0 Å². The first-order valence-corrected chi connectivity index (χ1v) is 12.6. The molecule has 0 amide bonds. The number of hydrogen-bond acceptors (Lipinski definition) is 10. The van der Waals surface area contributed by atoms with Crippen LogP contribution in [0.25, 0.3) is 11.1 Å². The molecule has 10 heteroatoms. The second-order valence-corrected chi connectivity index (χ2v) is 10.1. The Morgan fingerprint density at radius 1 is 0.452 bits per heavy atom. The number of phenolic OH excluding ortho intramolecular Hbond substituents is 4. The van der Waals surface area contributed by atoms with Gasteiger partial charge < -0.3 is 29.9 Å². The summed E-state index contributed by atoms with van der Waals surface area (Å²) in [6.45, 7) is 2.93. The predicted molar refractivity (Wildman–Crippen MR) is 148 cm³/mol. The van der Waals surface area contributed by atoms with Crippen LogP contribution in [0.2, 0.25) is 0 Å². The van der Waals surface area contributed by atoms with Crippen LogP contribution in [0.15, 0.2) is 36.4 Å². The van der Waals surface area contributed by atoms with Gasteiger partial charge in [0.25, 0.3) is 0 Å². The number of rotatable bonds is 3. The summed E-state index contributed by atoms with van der Waals surface area (Å²) in [5.41, 5.74) is -2.45. The van der Waals surface area contributed by atoms with E-state index in [0.29, 0.717) is 0 Å². The van der Waals surface area contributed by atoms with Crippen LogP contribution in [0.3, 0.4) is 0 Å². The third-order valence-corrected chi connectivity index (χ3v) is 7.77. The van der Waals surface area contributed by atoms with Gasteiger partial charge in [-0.1, -0.05) is 0 Å². The highest BCUT2D eigenvalue weighted by atomic mass is 16.5. The summed E-state index contributed by atoms with van der Waals surface area (Å²) in [7, 11) is 2.66. The Kier molecular flexibility index (Phi) is 5.65. The Labute approximate surface area is 238 Å². The molecule has 0 bridgehead atoms. The standard InChI is InChI=1S/C32H22O10/c1-11-5-15-23(31(39)21-17(29(15)37)7-13(41-3)9-19(21)33)25(27(11)35)26-24-16(6-12(2)28(26)36)30(38)18-8-14(42-4)10-20(34)22(18)32(24)40/h5-10,33-36H,1-4H3. The van der Waals surface area contributed by atoms with Crippen molar-refractivity contribution in [3.8, 4) is 45.6 Å². The minimum absolute atomic E-state index is 0.130. The summed E-state index contributed by atoms with van der Waals surface area (Å²) in [6, 6.07) is 7.53. The quantitative estimate of drug-likeness (QED) is 0.242. The summed E-state index contributed by atoms with van der Waals surface area (Å²) in [5, 5.41) is 44.2. The highest BCUT2D eigenvalue weighted by molar-refractivity contribution is 6.35. The van der Waals surface area contributed by atoms with Crippen LogP contribution in [0.4, 0.5) is 0 Å². The van der Waals surface area contributed by atoms with Gasteiger partial charge in [-0.05, 0) is 49.2 Å². The van der Waals surface area contributed by atoms with Gasteiger partial charge in [0.1, 0.15) is 34.5 Å². The van der Waals surface area contributed by atoms with Gasteiger partial charge in [-0.2, -0.15) is 0 Å². The van der Waals surface area contributed by atoms with Gasteiger partial charge in [0.2, 0.25) is 0 Å². The fraction of sp³-hybridized carbons (Fsp3) is 0.125. The SMILES string of the molecule is COc1cc(O)c2c(c1)C(=O)c1cc(C)c(O)c(-c3c(O)c(C)cc4c3C(=O)c3c(O)cc(OC)cc3C4=O)c1C2=O. The molecule has 0 heterocycles. The van der Waals surface area contributed by atoms with E-state index in [0.717, 1.165) is 12.1 Å². The molecule has 0 spiro atoms. The molecule has 0 aromatic heterocycles. The zero-order valence-electron chi connectivity index (χ0n) is 22.7. The van der Waals surface area contributed by atoms with E-state index in [2.05, 4.69) is 0 Å². The van der Waals surface area contributed by atoms with Crippen molar-refractivity contribution in [2.45, 2.75) is 13.8 Å². The lowest BCUT2D eigenvalue weighted by atomic mass is 9.74. The minimum atomic E-state index is -0.859. The Morgan fingerprint density at radius 3 is 1.12 bits per heavy atom. The molecule has 4 aromatic rings. The van der Waals surface area contributed by atoms with Gasteiger partial charge in [0.05, 0.1) is 25.3 Å². The molecule has 10 nitrogen and oxygen atoms in total. The minimum Gasteiger partial charge on any atom is -0.507 e. The molecule has 4 aromatic carbocycles. The molecule has 0 saturated carbocycles. The number of hydrogen-bond donors (Lipinski definition) is 4. The number of ketones is 4. The average Bonchev–Trinajstić information content (AvgIpc) is 2.96. The lowest BCUT2D eigenvalue weighted by molar-refractivity contribution is 0.0975. The predicted octanol–water partition coefficient (Wildman–Crippen LogP) is 4.36. The zero-order valence-corrected chi connectivity index (χ0v) is 22.7. The van der Waals surface area contributed by atoms with Gasteiger partial charge in [-0.15, -0.1) is 0 Å². The first-order valence-electron chi connectivity index (χ1n) is 12.6. The number of aryl methyl sites for hydroxylation is 2. The van der Waals surface area contributed by atoms with Crippen molar-refractivity contribution in [3.05, 3.63) is 92.0 Å². The fourth-order valence-electron chi connectivity index (χ4n) is 5.74. The number of phenols is 4. The Hall–Kier alpha value is -5.64. The number of ether oxygens (including phenoxy) is 2. The van der Waals surface area contributed by atoms with Crippen LogP contribution in [0.5, 0.6) is 34.5 Å². The van der Waals surface area contributed by atoms with Crippen molar-refractivity contribution in [2.75, 3.05) is 14.2 Å².